The zero-order valence-electron chi connectivity index (χ0n) is 11.4. The molecule has 0 bridgehead atoms. The molecule has 2 N–H and O–H groups in total. The molecule has 0 aromatic heterocycles. The van der Waals surface area contributed by atoms with Gasteiger partial charge in [0.15, 0.2) is 9.84 Å². The third-order valence-corrected chi connectivity index (χ3v) is 5.17. The summed E-state index contributed by atoms with van der Waals surface area (Å²) >= 11 is 1.51. The Bertz CT molecular complexity index is 712. The van der Waals surface area contributed by atoms with Gasteiger partial charge in [-0.2, -0.15) is 0 Å². The van der Waals surface area contributed by atoms with Crippen molar-refractivity contribution in [3.05, 3.63) is 54.1 Å². The lowest BCUT2D eigenvalue weighted by molar-refractivity contribution is 0.425. The molecule has 0 unspecified atom stereocenters. The monoisotopic (exact) mass is 322 g/mol. The Morgan fingerprint density at radius 1 is 1.05 bits per heavy atom. The Morgan fingerprint density at radius 3 is 2.24 bits per heavy atom. The van der Waals surface area contributed by atoms with E-state index < -0.39 is 17.0 Å². The van der Waals surface area contributed by atoms with E-state index in [1.54, 1.807) is 36.4 Å². The van der Waals surface area contributed by atoms with E-state index >= 15 is 0 Å². The molecule has 0 aliphatic carbocycles. The number of thioether (sulfide) groups is 1. The minimum absolute atomic E-state index is 0.290. The molecule has 2 rings (SSSR count). The molecular weight excluding hydrogens is 307 g/mol. The van der Waals surface area contributed by atoms with Crippen molar-refractivity contribution in [2.75, 3.05) is 6.26 Å². The van der Waals surface area contributed by atoms with Gasteiger partial charge in [0.25, 0.3) is 0 Å². The highest BCUT2D eigenvalue weighted by Crippen LogP contribution is 2.23. The van der Waals surface area contributed by atoms with Gasteiger partial charge in [0, 0.05) is 16.9 Å². The van der Waals surface area contributed by atoms with E-state index in [2.05, 4.69) is 0 Å². The van der Waals surface area contributed by atoms with Crippen LogP contribution in [0.3, 0.4) is 0 Å². The van der Waals surface area contributed by atoms with Crippen LogP contribution >= 0.6 is 11.8 Å². The fraction of sp³-hybridized carbons (Fsp3) is 0.143. The van der Waals surface area contributed by atoms with E-state index in [9.17, 15) is 18.5 Å². The normalized spacial score (nSPS) is 11.4. The Balaban J connectivity index is 2.10. The van der Waals surface area contributed by atoms with Crippen molar-refractivity contribution in [3.63, 3.8) is 0 Å². The second-order valence-electron chi connectivity index (χ2n) is 4.60. The molecule has 4 nitrogen and oxygen atoms in total. The second kappa shape index (κ2) is 6.66. The summed E-state index contributed by atoms with van der Waals surface area (Å²) in [7, 11) is -4.67. The maximum atomic E-state index is 11.4. The summed E-state index contributed by atoms with van der Waals surface area (Å²) in [4.78, 5) is 1.21. The van der Waals surface area contributed by atoms with Gasteiger partial charge in [-0.05, 0) is 35.3 Å². The van der Waals surface area contributed by atoms with Crippen molar-refractivity contribution in [1.29, 1.82) is 0 Å². The highest BCUT2D eigenvalue weighted by molar-refractivity contribution is 7.98. The molecule has 0 radical (unpaired) electrons. The quantitative estimate of drug-likeness (QED) is 0.636. The molecule has 0 atom stereocenters. The number of rotatable bonds is 5. The van der Waals surface area contributed by atoms with Crippen molar-refractivity contribution in [1.82, 2.24) is 0 Å². The van der Waals surface area contributed by atoms with Crippen LogP contribution in [0.25, 0.3) is 0 Å². The van der Waals surface area contributed by atoms with E-state index in [0.29, 0.717) is 11.2 Å². The molecule has 21 heavy (non-hydrogen) atoms. The predicted octanol–water partition coefficient (Wildman–Crippen LogP) is 1.06. The molecule has 0 fully saturated rings. The van der Waals surface area contributed by atoms with E-state index in [4.69, 9.17) is 0 Å². The minimum atomic E-state index is -3.18. The first-order valence-electron chi connectivity index (χ1n) is 6.25. The zero-order chi connectivity index (χ0) is 15.5. The Kier molecular flexibility index (Phi) is 5.11. The van der Waals surface area contributed by atoms with Gasteiger partial charge >= 0.3 is 7.12 Å². The molecule has 0 aliphatic heterocycles. The number of sulfone groups is 1. The molecule has 0 saturated carbocycles. The van der Waals surface area contributed by atoms with Crippen LogP contribution in [-0.2, 0) is 15.6 Å². The summed E-state index contributed by atoms with van der Waals surface area (Å²) in [5.41, 5.74) is 1.32. The van der Waals surface area contributed by atoms with Gasteiger partial charge in [-0.1, -0.05) is 24.3 Å². The van der Waals surface area contributed by atoms with Crippen LogP contribution in [0, 0.1) is 0 Å². The fourth-order valence-corrected chi connectivity index (χ4v) is 3.41. The summed E-state index contributed by atoms with van der Waals surface area (Å²) < 4.78 is 22.8. The Labute approximate surface area is 128 Å². The third kappa shape index (κ3) is 4.34. The summed E-state index contributed by atoms with van der Waals surface area (Å²) in [6.07, 6.45) is 1.17. The van der Waals surface area contributed by atoms with Crippen LogP contribution in [0.15, 0.2) is 58.3 Å². The van der Waals surface area contributed by atoms with Crippen molar-refractivity contribution in [3.8, 4) is 0 Å². The fourth-order valence-electron chi connectivity index (χ4n) is 1.86. The van der Waals surface area contributed by atoms with Crippen LogP contribution in [0.5, 0.6) is 0 Å². The number of hydrogen-bond donors (Lipinski definition) is 2. The van der Waals surface area contributed by atoms with E-state index in [0.717, 1.165) is 10.5 Å². The summed E-state index contributed by atoms with van der Waals surface area (Å²) in [5, 5.41) is 18.6. The van der Waals surface area contributed by atoms with Crippen molar-refractivity contribution in [2.24, 2.45) is 0 Å². The second-order valence-corrected chi connectivity index (χ2v) is 7.67. The van der Waals surface area contributed by atoms with Crippen LogP contribution in [-0.4, -0.2) is 31.8 Å². The van der Waals surface area contributed by atoms with Gasteiger partial charge in [0.1, 0.15) is 0 Å². The first-order valence-corrected chi connectivity index (χ1v) is 9.12. The first-order chi connectivity index (χ1) is 9.88. The maximum absolute atomic E-state index is 11.4. The molecule has 0 heterocycles. The van der Waals surface area contributed by atoms with E-state index in [1.807, 2.05) is 12.1 Å². The van der Waals surface area contributed by atoms with Gasteiger partial charge in [-0.15, -0.1) is 11.8 Å². The number of benzene rings is 2. The van der Waals surface area contributed by atoms with Gasteiger partial charge in [-0.25, -0.2) is 8.42 Å². The highest BCUT2D eigenvalue weighted by atomic mass is 32.2. The smallest absolute Gasteiger partial charge is 0.423 e. The zero-order valence-corrected chi connectivity index (χ0v) is 13.1. The van der Waals surface area contributed by atoms with Crippen LogP contribution < -0.4 is 5.46 Å². The van der Waals surface area contributed by atoms with Crippen molar-refractivity contribution in [2.45, 2.75) is 15.5 Å². The first kappa shape index (κ1) is 16.1. The summed E-state index contributed by atoms with van der Waals surface area (Å²) in [5.74, 6) is 0.575. The highest BCUT2D eigenvalue weighted by Gasteiger charge is 2.15. The van der Waals surface area contributed by atoms with E-state index in [1.165, 1.54) is 18.0 Å². The topological polar surface area (TPSA) is 74.6 Å². The lowest BCUT2D eigenvalue weighted by Crippen LogP contribution is -2.32. The molecule has 0 spiro atoms. The minimum Gasteiger partial charge on any atom is -0.423 e. The lowest BCUT2D eigenvalue weighted by atomic mass is 9.77. The van der Waals surface area contributed by atoms with Crippen LogP contribution in [0.4, 0.5) is 0 Å². The summed E-state index contributed by atoms with van der Waals surface area (Å²) in [6, 6.07) is 13.8. The SMILES string of the molecule is CS(=O)(=O)c1ccc(SCc2ccccc2B(O)O)cc1. The largest absolute Gasteiger partial charge is 0.488 e. The molecule has 0 aliphatic rings. The molecule has 2 aromatic rings. The maximum Gasteiger partial charge on any atom is 0.488 e. The van der Waals surface area contributed by atoms with Crippen molar-refractivity contribution >= 4 is 34.2 Å². The Morgan fingerprint density at radius 2 is 1.67 bits per heavy atom. The molecule has 2 aromatic carbocycles. The predicted molar refractivity (Wildman–Crippen MR) is 85.4 cm³/mol. The van der Waals surface area contributed by atoms with Gasteiger partial charge < -0.3 is 10.0 Å². The molecule has 110 valence electrons. The standard InChI is InChI=1S/C14H15BO4S2/c1-21(18,19)13-8-6-12(7-9-13)20-10-11-4-2-3-5-14(11)15(16)17/h2-9,16-17H,10H2,1H3. The van der Waals surface area contributed by atoms with Gasteiger partial charge in [0.2, 0.25) is 0 Å². The van der Waals surface area contributed by atoms with Gasteiger partial charge in [-0.3, -0.25) is 0 Å². The molecular formula is C14H15BO4S2. The molecule has 0 amide bonds. The van der Waals surface area contributed by atoms with Crippen molar-refractivity contribution < 1.29 is 18.5 Å². The van der Waals surface area contributed by atoms with E-state index in [-0.39, 0.29) is 4.90 Å². The number of hydrogen-bond acceptors (Lipinski definition) is 5. The molecule has 0 saturated heterocycles. The third-order valence-electron chi connectivity index (χ3n) is 2.98. The summed E-state index contributed by atoms with van der Waals surface area (Å²) in [6.45, 7) is 0. The van der Waals surface area contributed by atoms with Gasteiger partial charge in [0.05, 0.1) is 4.90 Å². The van der Waals surface area contributed by atoms with Crippen LogP contribution in [0.1, 0.15) is 5.56 Å². The molecule has 7 heteroatoms. The lowest BCUT2D eigenvalue weighted by Gasteiger charge is -2.08. The average molecular weight is 322 g/mol. The average Bonchev–Trinajstić information content (AvgIpc) is 2.45. The Hall–Kier alpha value is -1.28. The van der Waals surface area contributed by atoms with Crippen LogP contribution in [0.2, 0.25) is 0 Å².